The highest BCUT2D eigenvalue weighted by molar-refractivity contribution is 6.30. The summed E-state index contributed by atoms with van der Waals surface area (Å²) in [7, 11) is 0. The predicted molar refractivity (Wildman–Crippen MR) is 145 cm³/mol. The van der Waals surface area contributed by atoms with Crippen LogP contribution in [0.1, 0.15) is 88.8 Å². The quantitative estimate of drug-likeness (QED) is 0.394. The highest BCUT2D eigenvalue weighted by Crippen LogP contribution is 2.65. The maximum atomic E-state index is 10.5. The van der Waals surface area contributed by atoms with Crippen LogP contribution in [-0.2, 0) is 5.41 Å². The van der Waals surface area contributed by atoms with Gasteiger partial charge in [-0.05, 0) is 80.2 Å². The van der Waals surface area contributed by atoms with Crippen molar-refractivity contribution < 1.29 is 9.21 Å². The number of amides is 1. The summed E-state index contributed by atoms with van der Waals surface area (Å²) in [6.07, 6.45) is 6.08. The van der Waals surface area contributed by atoms with E-state index in [2.05, 4.69) is 49.8 Å². The normalized spacial score (nSPS) is 24.1. The Morgan fingerprint density at radius 1 is 1.17 bits per heavy atom. The number of nitrogens with zero attached hydrogens (tertiary/aromatic N) is 3. The van der Waals surface area contributed by atoms with Gasteiger partial charge in [0.25, 0.3) is 5.91 Å². The van der Waals surface area contributed by atoms with E-state index in [1.807, 2.05) is 37.3 Å². The molecule has 2 heterocycles. The third kappa shape index (κ3) is 6.52. The number of carbonyl (C=O) groups excluding carboxylic acids is 1. The first-order valence-electron chi connectivity index (χ1n) is 12.8. The number of nitrogens with two attached hydrogens (primary N) is 1. The second-order valence-electron chi connectivity index (χ2n) is 11.1. The zero-order valence-corrected chi connectivity index (χ0v) is 23.1. The largest absolute Gasteiger partial charge is 0.420 e. The summed E-state index contributed by atoms with van der Waals surface area (Å²) in [5, 5.41) is 9.39. The average molecular weight is 511 g/mol. The molecule has 5 rings (SSSR count). The van der Waals surface area contributed by atoms with Crippen molar-refractivity contribution in [3.63, 3.8) is 0 Å². The molecule has 1 aromatic carbocycles. The number of aryl methyl sites for hydroxylation is 1. The molecular weight excluding hydrogens is 472 g/mol. The summed E-state index contributed by atoms with van der Waals surface area (Å²) in [5.74, 6) is 2.55. The zero-order valence-electron chi connectivity index (χ0n) is 22.3. The second kappa shape index (κ2) is 11.5. The van der Waals surface area contributed by atoms with Gasteiger partial charge in [-0.3, -0.25) is 4.79 Å². The first kappa shape index (κ1) is 27.9. The minimum Gasteiger partial charge on any atom is -0.420 e. The second-order valence-corrected chi connectivity index (χ2v) is 11.5. The predicted octanol–water partition coefficient (Wildman–Crippen LogP) is 7.40. The number of primary amides is 1. The lowest BCUT2D eigenvalue weighted by Crippen LogP contribution is -2.25. The van der Waals surface area contributed by atoms with Crippen molar-refractivity contribution in [1.29, 1.82) is 0 Å². The summed E-state index contributed by atoms with van der Waals surface area (Å²) in [6, 6.07) is 12.8. The SMILES string of the molecule is CC(C)C.CCC1CC2(c3nnc(-c4cccc(Cl)c4)o3)CCC1(C)C2.Cc1cccc(C(N)=O)n1. The molecule has 2 aliphatic carbocycles. The number of aromatic nitrogens is 3. The van der Waals surface area contributed by atoms with Crippen LogP contribution in [0.3, 0.4) is 0 Å². The molecule has 2 bridgehead atoms. The van der Waals surface area contributed by atoms with Gasteiger partial charge in [0.05, 0.1) is 0 Å². The molecule has 0 radical (unpaired) electrons. The number of hydrogen-bond donors (Lipinski definition) is 1. The van der Waals surface area contributed by atoms with Crippen molar-refractivity contribution >= 4 is 17.5 Å². The lowest BCUT2D eigenvalue weighted by atomic mass is 9.73. The lowest BCUT2D eigenvalue weighted by molar-refractivity contribution is 0.0995. The Hall–Kier alpha value is -2.73. The Kier molecular flexibility index (Phi) is 8.93. The molecule has 6 nitrogen and oxygen atoms in total. The third-order valence-electron chi connectivity index (χ3n) is 7.12. The number of benzene rings is 1. The van der Waals surface area contributed by atoms with Gasteiger partial charge in [0.2, 0.25) is 11.8 Å². The van der Waals surface area contributed by atoms with Gasteiger partial charge >= 0.3 is 0 Å². The molecule has 0 saturated heterocycles. The molecule has 2 N–H and O–H groups in total. The van der Waals surface area contributed by atoms with E-state index < -0.39 is 5.91 Å². The molecule has 2 aliphatic rings. The van der Waals surface area contributed by atoms with Crippen molar-refractivity contribution in [3.05, 3.63) is 64.8 Å². The zero-order chi connectivity index (χ0) is 26.5. The number of hydrogen-bond acceptors (Lipinski definition) is 5. The Morgan fingerprint density at radius 2 is 1.86 bits per heavy atom. The van der Waals surface area contributed by atoms with Gasteiger partial charge in [-0.15, -0.1) is 10.2 Å². The molecule has 0 aliphatic heterocycles. The van der Waals surface area contributed by atoms with E-state index in [0.29, 0.717) is 22.0 Å². The maximum Gasteiger partial charge on any atom is 0.267 e. The topological polar surface area (TPSA) is 94.9 Å². The van der Waals surface area contributed by atoms with Gasteiger partial charge in [0.15, 0.2) is 0 Å². The van der Waals surface area contributed by atoms with E-state index in [-0.39, 0.29) is 5.41 Å². The van der Waals surface area contributed by atoms with Crippen LogP contribution in [-0.4, -0.2) is 21.1 Å². The molecule has 1 amide bonds. The molecule has 7 heteroatoms. The maximum absolute atomic E-state index is 10.5. The molecule has 3 atom stereocenters. The molecule has 3 unspecified atom stereocenters. The number of pyridine rings is 1. The Bertz CT molecular complexity index is 1170. The Balaban J connectivity index is 0.000000215. The fourth-order valence-electron chi connectivity index (χ4n) is 5.48. The number of fused-ring (bicyclic) bond motifs is 2. The number of rotatable bonds is 4. The summed E-state index contributed by atoms with van der Waals surface area (Å²) < 4.78 is 6.09. The number of halogens is 1. The van der Waals surface area contributed by atoms with E-state index >= 15 is 0 Å². The van der Waals surface area contributed by atoms with Crippen LogP contribution in [0.25, 0.3) is 11.5 Å². The minimum absolute atomic E-state index is 0.110. The van der Waals surface area contributed by atoms with Gasteiger partial charge in [-0.2, -0.15) is 0 Å². The van der Waals surface area contributed by atoms with Crippen LogP contribution in [0.4, 0.5) is 0 Å². The first-order chi connectivity index (χ1) is 17.0. The first-order valence-corrected chi connectivity index (χ1v) is 13.2. The Labute approximate surface area is 220 Å². The lowest BCUT2D eigenvalue weighted by Gasteiger charge is -2.31. The summed E-state index contributed by atoms with van der Waals surface area (Å²) in [6.45, 7) is 13.0. The van der Waals surface area contributed by atoms with Gasteiger partial charge in [0, 0.05) is 21.7 Å². The van der Waals surface area contributed by atoms with Crippen LogP contribution in [0, 0.1) is 24.2 Å². The van der Waals surface area contributed by atoms with Crippen LogP contribution in [0.15, 0.2) is 46.9 Å². The molecular formula is C29H39ClN4O2. The highest BCUT2D eigenvalue weighted by atomic mass is 35.5. The highest BCUT2D eigenvalue weighted by Gasteiger charge is 2.59. The summed E-state index contributed by atoms with van der Waals surface area (Å²) in [5.41, 5.74) is 7.57. The average Bonchev–Trinajstić information content (AvgIpc) is 3.51. The number of carbonyl (C=O) groups is 1. The summed E-state index contributed by atoms with van der Waals surface area (Å²) in [4.78, 5) is 14.4. The van der Waals surface area contributed by atoms with Crippen LogP contribution < -0.4 is 5.73 Å². The van der Waals surface area contributed by atoms with Crippen molar-refractivity contribution in [3.8, 4) is 11.5 Å². The van der Waals surface area contributed by atoms with Crippen molar-refractivity contribution in [2.24, 2.45) is 23.0 Å². The fraction of sp³-hybridized carbons (Fsp3) is 0.517. The van der Waals surface area contributed by atoms with E-state index in [9.17, 15) is 4.79 Å². The summed E-state index contributed by atoms with van der Waals surface area (Å²) >= 11 is 6.06. The van der Waals surface area contributed by atoms with Crippen molar-refractivity contribution in [1.82, 2.24) is 15.2 Å². The van der Waals surface area contributed by atoms with Crippen LogP contribution >= 0.6 is 11.6 Å². The smallest absolute Gasteiger partial charge is 0.267 e. The molecule has 36 heavy (non-hydrogen) atoms. The third-order valence-corrected chi connectivity index (χ3v) is 7.36. The molecule has 2 saturated carbocycles. The standard InChI is InChI=1S/C18H21ClN2O.C7H8N2O.C4H10/c1-3-13-10-18(8-7-17(13,2)11-18)16-21-20-15(22-16)12-5-4-6-14(19)9-12;1-5-3-2-4-6(9-5)7(8)10;1-4(2)3/h4-6,9,13H,3,7-8,10-11H2,1-2H3;2-4H,1H3,(H2,8,10);4H,1-3H3. The van der Waals surface area contributed by atoms with Gasteiger partial charge in [0.1, 0.15) is 5.69 Å². The fourth-order valence-corrected chi connectivity index (χ4v) is 5.67. The Morgan fingerprint density at radius 3 is 2.42 bits per heavy atom. The van der Waals surface area contributed by atoms with Gasteiger partial charge in [-0.1, -0.05) is 64.8 Å². The van der Waals surface area contributed by atoms with E-state index in [0.717, 1.165) is 29.0 Å². The molecule has 3 aromatic rings. The van der Waals surface area contributed by atoms with Crippen molar-refractivity contribution in [2.45, 2.75) is 79.1 Å². The van der Waals surface area contributed by atoms with Crippen LogP contribution in [0.2, 0.25) is 5.02 Å². The molecule has 2 aromatic heterocycles. The van der Waals surface area contributed by atoms with Gasteiger partial charge in [-0.25, -0.2) is 4.98 Å². The molecule has 2 fully saturated rings. The monoisotopic (exact) mass is 510 g/mol. The van der Waals surface area contributed by atoms with E-state index in [1.54, 1.807) is 12.1 Å². The van der Waals surface area contributed by atoms with Crippen LogP contribution in [0.5, 0.6) is 0 Å². The molecule has 194 valence electrons. The van der Waals surface area contributed by atoms with Gasteiger partial charge < -0.3 is 10.2 Å². The van der Waals surface area contributed by atoms with E-state index in [4.69, 9.17) is 21.8 Å². The minimum atomic E-state index is -0.483. The molecule has 0 spiro atoms. The van der Waals surface area contributed by atoms with Crippen molar-refractivity contribution in [2.75, 3.05) is 0 Å². The van der Waals surface area contributed by atoms with E-state index in [1.165, 1.54) is 32.1 Å².